The number of halogens is 2. The maximum absolute atomic E-state index is 14.4. The van der Waals surface area contributed by atoms with Gasteiger partial charge in [0.05, 0.1) is 16.6 Å². The molecule has 2 amide bonds. The van der Waals surface area contributed by atoms with E-state index in [9.17, 15) is 9.59 Å². The van der Waals surface area contributed by atoms with Crippen molar-refractivity contribution in [3.05, 3.63) is 99.5 Å². The van der Waals surface area contributed by atoms with Crippen LogP contribution in [0.2, 0.25) is 10.0 Å². The lowest BCUT2D eigenvalue weighted by molar-refractivity contribution is -0.128. The monoisotopic (exact) mass is 576 g/mol. The van der Waals surface area contributed by atoms with E-state index < -0.39 is 11.7 Å². The Hall–Kier alpha value is -3.28. The van der Waals surface area contributed by atoms with Gasteiger partial charge in [-0.1, -0.05) is 83.9 Å². The minimum atomic E-state index is -0.626. The second-order valence-corrected chi connectivity index (χ2v) is 12.2. The highest BCUT2D eigenvalue weighted by atomic mass is 35.5. The molecular weight excluding hydrogens is 543 g/mol. The average Bonchev–Trinajstić information content (AvgIpc) is 3.78. The fourth-order valence-corrected chi connectivity index (χ4v) is 5.44. The predicted molar refractivity (Wildman–Crippen MR) is 161 cm³/mol. The maximum Gasteiger partial charge on any atom is 0.410 e. The molecule has 0 spiro atoms. The average molecular weight is 578 g/mol. The highest BCUT2D eigenvalue weighted by molar-refractivity contribution is 6.42. The van der Waals surface area contributed by atoms with Gasteiger partial charge in [0.2, 0.25) is 0 Å². The van der Waals surface area contributed by atoms with E-state index in [0.29, 0.717) is 35.1 Å². The molecule has 5 rings (SSSR count). The molecule has 3 aromatic carbocycles. The van der Waals surface area contributed by atoms with Crippen molar-refractivity contribution in [3.63, 3.8) is 0 Å². The molecule has 0 aromatic heterocycles. The van der Waals surface area contributed by atoms with E-state index in [1.165, 1.54) is 0 Å². The Morgan fingerprint density at radius 3 is 2.30 bits per heavy atom. The molecule has 1 saturated carbocycles. The van der Waals surface area contributed by atoms with Crippen LogP contribution in [0, 0.1) is 0 Å². The third kappa shape index (κ3) is 6.54. The maximum atomic E-state index is 14.4. The zero-order chi connectivity index (χ0) is 28.4. The van der Waals surface area contributed by atoms with Crippen molar-refractivity contribution in [2.75, 3.05) is 13.1 Å². The Balaban J connectivity index is 1.54. The molecule has 5 nitrogen and oxygen atoms in total. The summed E-state index contributed by atoms with van der Waals surface area (Å²) in [4.78, 5) is 31.0. The van der Waals surface area contributed by atoms with Crippen molar-refractivity contribution in [1.29, 1.82) is 0 Å². The van der Waals surface area contributed by atoms with Gasteiger partial charge in [-0.3, -0.25) is 4.79 Å². The molecule has 1 fully saturated rings. The van der Waals surface area contributed by atoms with Gasteiger partial charge in [0.1, 0.15) is 5.60 Å². The number of hydrogen-bond donors (Lipinski definition) is 0. The van der Waals surface area contributed by atoms with Gasteiger partial charge < -0.3 is 14.5 Å². The first-order valence-electron chi connectivity index (χ1n) is 13.7. The number of nitrogens with zero attached hydrogens (tertiary/aromatic N) is 2. The first-order chi connectivity index (χ1) is 19.1. The Kier molecular flexibility index (Phi) is 8.25. The SMILES string of the molecule is CC(C)(C)OC(=O)N1CCC(c2cccc(-c3ccccc3)c2)=C(C(=O)N(Cc2cccc(Cl)c2Cl)C2CC2)C1. The molecular formula is C33H34Cl2N2O3. The summed E-state index contributed by atoms with van der Waals surface area (Å²) in [6.45, 7) is 6.56. The van der Waals surface area contributed by atoms with Crippen LogP contribution < -0.4 is 0 Å². The van der Waals surface area contributed by atoms with Gasteiger partial charge in [-0.25, -0.2) is 4.79 Å². The topological polar surface area (TPSA) is 49.9 Å². The van der Waals surface area contributed by atoms with Crippen molar-refractivity contribution in [2.45, 2.75) is 58.2 Å². The minimum absolute atomic E-state index is 0.0769. The van der Waals surface area contributed by atoms with E-state index in [0.717, 1.165) is 40.7 Å². The smallest absolute Gasteiger partial charge is 0.410 e. The van der Waals surface area contributed by atoms with E-state index >= 15 is 0 Å². The van der Waals surface area contributed by atoms with E-state index in [2.05, 4.69) is 24.3 Å². The fraction of sp³-hybridized carbons (Fsp3) is 0.333. The zero-order valence-electron chi connectivity index (χ0n) is 23.1. The summed E-state index contributed by atoms with van der Waals surface area (Å²) < 4.78 is 5.68. The van der Waals surface area contributed by atoms with Crippen LogP contribution in [0.25, 0.3) is 16.7 Å². The molecule has 0 saturated heterocycles. The van der Waals surface area contributed by atoms with Crippen molar-refractivity contribution in [2.24, 2.45) is 0 Å². The lowest BCUT2D eigenvalue weighted by atomic mass is 9.90. The number of ether oxygens (including phenoxy) is 1. The van der Waals surface area contributed by atoms with Crippen molar-refractivity contribution < 1.29 is 14.3 Å². The highest BCUT2D eigenvalue weighted by Crippen LogP contribution is 2.37. The summed E-state index contributed by atoms with van der Waals surface area (Å²) in [5.41, 5.74) is 4.94. The van der Waals surface area contributed by atoms with Crippen LogP contribution in [0.3, 0.4) is 0 Å². The lowest BCUT2D eigenvalue weighted by Gasteiger charge is -2.34. The van der Waals surface area contributed by atoms with E-state index in [-0.39, 0.29) is 18.5 Å². The van der Waals surface area contributed by atoms with Gasteiger partial charge in [-0.15, -0.1) is 0 Å². The van der Waals surface area contributed by atoms with Crippen LogP contribution in [0.15, 0.2) is 78.4 Å². The molecule has 1 heterocycles. The van der Waals surface area contributed by atoms with E-state index in [1.54, 1.807) is 11.0 Å². The number of hydrogen-bond acceptors (Lipinski definition) is 3. The summed E-state index contributed by atoms with van der Waals surface area (Å²) in [5.74, 6) is -0.0769. The Morgan fingerprint density at radius 2 is 1.60 bits per heavy atom. The van der Waals surface area contributed by atoms with Crippen molar-refractivity contribution >= 4 is 40.8 Å². The van der Waals surface area contributed by atoms with Gasteiger partial charge in [0.15, 0.2) is 0 Å². The number of benzene rings is 3. The number of carbonyl (C=O) groups is 2. The molecule has 1 aliphatic carbocycles. The molecule has 0 atom stereocenters. The largest absolute Gasteiger partial charge is 0.444 e. The summed E-state index contributed by atoms with van der Waals surface area (Å²) in [7, 11) is 0. The second kappa shape index (κ2) is 11.7. The fourth-order valence-electron chi connectivity index (χ4n) is 5.06. The number of amides is 2. The molecule has 208 valence electrons. The third-order valence-electron chi connectivity index (χ3n) is 7.19. The van der Waals surface area contributed by atoms with Gasteiger partial charge in [0.25, 0.3) is 5.91 Å². The Morgan fingerprint density at radius 1 is 0.925 bits per heavy atom. The van der Waals surface area contributed by atoms with Crippen LogP contribution in [0.4, 0.5) is 4.79 Å². The normalized spacial score (nSPS) is 15.7. The van der Waals surface area contributed by atoms with Gasteiger partial charge in [0, 0.05) is 24.7 Å². The second-order valence-electron chi connectivity index (χ2n) is 11.4. The Bertz CT molecular complexity index is 1440. The highest BCUT2D eigenvalue weighted by Gasteiger charge is 2.38. The number of carbonyl (C=O) groups excluding carboxylic acids is 2. The van der Waals surface area contributed by atoms with Crippen LogP contribution in [0.5, 0.6) is 0 Å². The molecule has 3 aromatic rings. The molecule has 40 heavy (non-hydrogen) atoms. The molecule has 0 bridgehead atoms. The molecule has 0 unspecified atom stereocenters. The quantitative estimate of drug-likeness (QED) is 0.297. The molecule has 0 radical (unpaired) electrons. The predicted octanol–water partition coefficient (Wildman–Crippen LogP) is 8.25. The summed E-state index contributed by atoms with van der Waals surface area (Å²) in [6, 6.07) is 24.1. The first-order valence-corrected chi connectivity index (χ1v) is 14.5. The zero-order valence-corrected chi connectivity index (χ0v) is 24.6. The summed E-state index contributed by atoms with van der Waals surface area (Å²) >= 11 is 12.8. The third-order valence-corrected chi connectivity index (χ3v) is 8.05. The Labute approximate surface area is 246 Å². The van der Waals surface area contributed by atoms with Crippen molar-refractivity contribution in [1.82, 2.24) is 9.80 Å². The molecule has 7 heteroatoms. The lowest BCUT2D eigenvalue weighted by Crippen LogP contribution is -2.44. The number of rotatable bonds is 6. The minimum Gasteiger partial charge on any atom is -0.444 e. The van der Waals surface area contributed by atoms with E-state index in [4.69, 9.17) is 27.9 Å². The van der Waals surface area contributed by atoms with Gasteiger partial charge >= 0.3 is 6.09 Å². The van der Waals surface area contributed by atoms with Crippen LogP contribution in [-0.4, -0.2) is 46.5 Å². The molecule has 1 aliphatic heterocycles. The first kappa shape index (κ1) is 28.3. The summed E-state index contributed by atoms with van der Waals surface area (Å²) in [6.07, 6.45) is 2.01. The molecule has 0 N–H and O–H groups in total. The van der Waals surface area contributed by atoms with Gasteiger partial charge in [-0.05, 0) is 80.0 Å². The van der Waals surface area contributed by atoms with Crippen LogP contribution >= 0.6 is 23.2 Å². The van der Waals surface area contributed by atoms with Gasteiger partial charge in [-0.2, -0.15) is 0 Å². The molecule has 2 aliphatic rings. The van der Waals surface area contributed by atoms with Crippen molar-refractivity contribution in [3.8, 4) is 11.1 Å². The van der Waals surface area contributed by atoms with E-state index in [1.807, 2.05) is 68.1 Å². The van der Waals surface area contributed by atoms with Crippen LogP contribution in [-0.2, 0) is 16.1 Å². The summed E-state index contributed by atoms with van der Waals surface area (Å²) in [5, 5.41) is 0.931. The van der Waals surface area contributed by atoms with Crippen LogP contribution in [0.1, 0.15) is 51.2 Å². The standard InChI is InChI=1S/C33H34Cl2N2O3/c1-33(2,3)40-32(39)36-18-17-27(24-12-7-11-23(19-24)22-9-5-4-6-10-22)28(21-36)31(38)37(26-15-16-26)20-25-13-8-14-29(34)30(25)35/h4-14,19,26H,15-18,20-21H2,1-3H3.